The molecule has 3 atom stereocenters. The molecule has 208 valence electrons. The van der Waals surface area contributed by atoms with Crippen molar-refractivity contribution in [2.24, 2.45) is 0 Å². The Kier molecular flexibility index (Phi) is 7.40. The first-order valence-electron chi connectivity index (χ1n) is 11.9. The Bertz CT molecular complexity index is 1290. The Morgan fingerprint density at radius 3 is 2.50 bits per heavy atom. The van der Waals surface area contributed by atoms with Crippen LogP contribution in [0.2, 0.25) is 0 Å². The van der Waals surface area contributed by atoms with Crippen LogP contribution in [0.15, 0.2) is 30.5 Å². The van der Waals surface area contributed by atoms with Crippen LogP contribution in [0.3, 0.4) is 0 Å². The highest BCUT2D eigenvalue weighted by atomic mass is 19.4. The Morgan fingerprint density at radius 2 is 1.92 bits per heavy atom. The third-order valence-corrected chi connectivity index (χ3v) is 6.36. The molecule has 0 radical (unpaired) electrons. The van der Waals surface area contributed by atoms with E-state index in [4.69, 9.17) is 4.74 Å². The van der Waals surface area contributed by atoms with E-state index in [0.717, 1.165) is 22.9 Å². The summed E-state index contributed by atoms with van der Waals surface area (Å²) in [4.78, 5) is 3.71. The van der Waals surface area contributed by atoms with E-state index < -0.39 is 58.0 Å². The maximum Gasteiger partial charge on any atom is 0.418 e. The fourth-order valence-electron chi connectivity index (χ4n) is 4.90. The Balaban J connectivity index is 1.59. The number of fused-ring (bicyclic) bond motifs is 1. The molecule has 0 bridgehead atoms. The molecule has 13 heteroatoms. The number of benzene rings is 1. The van der Waals surface area contributed by atoms with Crippen molar-refractivity contribution in [2.75, 3.05) is 6.61 Å². The Labute approximate surface area is 214 Å². The molecule has 0 amide bonds. The lowest BCUT2D eigenvalue weighted by atomic mass is 9.79. The Hall–Kier alpha value is -2.90. The van der Waals surface area contributed by atoms with Crippen LogP contribution in [0.25, 0.3) is 10.9 Å². The fraction of sp³-hybridized carbons (Fsp3) is 0.520. The number of nitrogens with zero attached hydrogens (tertiary/aromatic N) is 3. The maximum absolute atomic E-state index is 14.6. The van der Waals surface area contributed by atoms with Crippen molar-refractivity contribution in [1.29, 1.82) is 0 Å². The van der Waals surface area contributed by atoms with Gasteiger partial charge in [-0.25, -0.2) is 8.78 Å². The number of rotatable bonds is 7. The number of halogens is 6. The maximum atomic E-state index is 14.6. The average molecular weight is 547 g/mol. The summed E-state index contributed by atoms with van der Waals surface area (Å²) in [6.45, 7) is 3.99. The number of ether oxygens (including phenoxy) is 1. The van der Waals surface area contributed by atoms with Gasteiger partial charge in [0.15, 0.2) is 0 Å². The number of nitrogens with one attached hydrogen (secondary N) is 1. The van der Waals surface area contributed by atoms with Crippen LogP contribution >= 0.6 is 0 Å². The summed E-state index contributed by atoms with van der Waals surface area (Å²) in [6, 6.07) is 3.59. The van der Waals surface area contributed by atoms with Gasteiger partial charge in [-0.15, -0.1) is 5.10 Å². The lowest BCUT2D eigenvalue weighted by molar-refractivity contribution is -0.136. The minimum Gasteiger partial charge on any atom is -0.492 e. The normalized spacial score (nSPS) is 22.8. The van der Waals surface area contributed by atoms with Crippen LogP contribution in [0.4, 0.5) is 26.3 Å². The minimum atomic E-state index is -4.86. The van der Waals surface area contributed by atoms with E-state index in [1.807, 2.05) is 0 Å². The summed E-state index contributed by atoms with van der Waals surface area (Å²) in [5.74, 6) is -1.39. The van der Waals surface area contributed by atoms with Gasteiger partial charge in [0.2, 0.25) is 5.95 Å². The van der Waals surface area contributed by atoms with Gasteiger partial charge in [-0.05, 0) is 51.8 Å². The summed E-state index contributed by atoms with van der Waals surface area (Å²) in [6.07, 6.45) is -6.11. The number of aliphatic hydroxyl groups is 2. The standard InChI is InChI=1S/C25H28F6N4O3/c1-13-8-24(37,14-4-5-19(21(26)27)32-10-14)9-15(33-13)11-38-16-6-17-20(18(7-16)25(29,30)31)35(34-22(17)28)12-23(2,3)36/h4-7,10,13,15,21,33,36-37H,8-9,11-12H2,1-3H3/t13-,15-,24-/m0/s1. The molecule has 0 aliphatic carbocycles. The molecule has 1 aliphatic heterocycles. The van der Waals surface area contributed by atoms with Crippen LogP contribution in [0.5, 0.6) is 5.75 Å². The van der Waals surface area contributed by atoms with Crippen LogP contribution in [-0.2, 0) is 18.3 Å². The van der Waals surface area contributed by atoms with Gasteiger partial charge in [-0.2, -0.15) is 17.6 Å². The predicted molar refractivity (Wildman–Crippen MR) is 125 cm³/mol. The summed E-state index contributed by atoms with van der Waals surface area (Å²) in [5, 5.41) is 27.7. The quantitative estimate of drug-likeness (QED) is 0.372. The zero-order valence-electron chi connectivity index (χ0n) is 20.9. The third-order valence-electron chi connectivity index (χ3n) is 6.36. The van der Waals surface area contributed by atoms with Gasteiger partial charge in [0.05, 0.1) is 34.2 Å². The van der Waals surface area contributed by atoms with Crippen molar-refractivity contribution in [3.05, 3.63) is 53.2 Å². The monoisotopic (exact) mass is 546 g/mol. The van der Waals surface area contributed by atoms with Gasteiger partial charge >= 0.3 is 6.18 Å². The van der Waals surface area contributed by atoms with Crippen molar-refractivity contribution in [3.8, 4) is 5.75 Å². The second kappa shape index (κ2) is 10.0. The molecule has 0 unspecified atom stereocenters. The lowest BCUT2D eigenvalue weighted by Gasteiger charge is -2.41. The van der Waals surface area contributed by atoms with Gasteiger partial charge in [0.1, 0.15) is 18.1 Å². The van der Waals surface area contributed by atoms with Crippen molar-refractivity contribution in [2.45, 2.75) is 76.0 Å². The number of hydrogen-bond acceptors (Lipinski definition) is 6. The zero-order valence-corrected chi connectivity index (χ0v) is 20.9. The first-order chi connectivity index (χ1) is 17.6. The zero-order chi connectivity index (χ0) is 28.0. The first kappa shape index (κ1) is 28.1. The van der Waals surface area contributed by atoms with Crippen LogP contribution in [-0.4, -0.2) is 49.3 Å². The summed E-state index contributed by atoms with van der Waals surface area (Å²) >= 11 is 0. The van der Waals surface area contributed by atoms with Gasteiger partial charge < -0.3 is 20.3 Å². The fourth-order valence-corrected chi connectivity index (χ4v) is 4.90. The van der Waals surface area contributed by atoms with Crippen molar-refractivity contribution >= 4 is 10.9 Å². The highest BCUT2D eigenvalue weighted by molar-refractivity contribution is 5.85. The van der Waals surface area contributed by atoms with E-state index >= 15 is 0 Å². The van der Waals surface area contributed by atoms with Gasteiger partial charge in [-0.3, -0.25) is 9.67 Å². The van der Waals surface area contributed by atoms with Gasteiger partial charge in [0, 0.05) is 23.8 Å². The molecule has 0 saturated carbocycles. The topological polar surface area (TPSA) is 92.4 Å². The van der Waals surface area contributed by atoms with Crippen LogP contribution < -0.4 is 10.1 Å². The summed E-state index contributed by atoms with van der Waals surface area (Å²) < 4.78 is 88.6. The molecule has 1 saturated heterocycles. The van der Waals surface area contributed by atoms with E-state index in [1.54, 1.807) is 6.92 Å². The molecule has 1 aromatic carbocycles. The van der Waals surface area contributed by atoms with E-state index in [-0.39, 0.29) is 37.8 Å². The van der Waals surface area contributed by atoms with E-state index in [1.165, 1.54) is 26.1 Å². The van der Waals surface area contributed by atoms with E-state index in [9.17, 15) is 36.6 Å². The summed E-state index contributed by atoms with van der Waals surface area (Å²) in [5.41, 5.74) is -4.65. The highest BCUT2D eigenvalue weighted by Gasteiger charge is 2.40. The lowest BCUT2D eigenvalue weighted by Crippen LogP contribution is -2.53. The second-order valence-corrected chi connectivity index (χ2v) is 10.4. The SMILES string of the molecule is C[C@H]1C[C@@](O)(c2ccc(C(F)F)nc2)C[C@@H](COc2cc(C(F)(F)F)c3c(c2)c(F)nn3CC(C)(C)O)N1. The molecule has 2 aromatic heterocycles. The van der Waals surface area contributed by atoms with Gasteiger partial charge in [-0.1, -0.05) is 6.07 Å². The molecule has 1 fully saturated rings. The predicted octanol–water partition coefficient (Wildman–Crippen LogP) is 4.70. The number of pyridine rings is 1. The van der Waals surface area contributed by atoms with E-state index in [2.05, 4.69) is 15.4 Å². The van der Waals surface area contributed by atoms with E-state index in [0.29, 0.717) is 5.56 Å². The van der Waals surface area contributed by atoms with Crippen molar-refractivity contribution in [3.63, 3.8) is 0 Å². The number of piperidine rings is 1. The first-order valence-corrected chi connectivity index (χ1v) is 11.9. The summed E-state index contributed by atoms with van der Waals surface area (Å²) in [7, 11) is 0. The Morgan fingerprint density at radius 1 is 1.21 bits per heavy atom. The highest BCUT2D eigenvalue weighted by Crippen LogP contribution is 2.40. The smallest absolute Gasteiger partial charge is 0.418 e. The number of hydrogen-bond donors (Lipinski definition) is 3. The molecule has 0 spiro atoms. The van der Waals surface area contributed by atoms with Crippen LogP contribution in [0.1, 0.15) is 56.9 Å². The number of aromatic nitrogens is 3. The van der Waals surface area contributed by atoms with Gasteiger partial charge in [0.25, 0.3) is 6.43 Å². The molecule has 3 N–H and O–H groups in total. The average Bonchev–Trinajstić information content (AvgIpc) is 3.09. The largest absolute Gasteiger partial charge is 0.492 e. The molecule has 3 aromatic rings. The second-order valence-electron chi connectivity index (χ2n) is 10.4. The molecular weight excluding hydrogens is 518 g/mol. The molecule has 38 heavy (non-hydrogen) atoms. The van der Waals surface area contributed by atoms with Crippen molar-refractivity contribution < 1.29 is 41.3 Å². The minimum absolute atomic E-state index is 0.0687. The number of alkyl halides is 5. The van der Waals surface area contributed by atoms with Crippen LogP contribution in [0, 0.1) is 5.95 Å². The third kappa shape index (κ3) is 6.05. The molecular formula is C25H28F6N4O3. The molecule has 7 nitrogen and oxygen atoms in total. The molecule has 1 aliphatic rings. The molecule has 4 rings (SSSR count). The van der Waals surface area contributed by atoms with Crippen molar-refractivity contribution in [1.82, 2.24) is 20.1 Å². The molecule has 3 heterocycles.